The Balaban J connectivity index is 1.37. The number of nitrogens with zero attached hydrogens (tertiary/aromatic N) is 4. The van der Waals surface area contributed by atoms with Crippen molar-refractivity contribution in [3.8, 4) is 0 Å². The molecule has 138 valence electrons. The highest BCUT2D eigenvalue weighted by atomic mass is 16.5. The van der Waals surface area contributed by atoms with Gasteiger partial charge in [-0.1, -0.05) is 6.07 Å². The second kappa shape index (κ2) is 7.45. The lowest BCUT2D eigenvalue weighted by atomic mass is 9.93. The van der Waals surface area contributed by atoms with Crippen molar-refractivity contribution in [3.05, 3.63) is 40.8 Å². The summed E-state index contributed by atoms with van der Waals surface area (Å²) in [4.78, 5) is 33.4. The number of hydrogen-bond acceptors (Lipinski definition) is 5. The Morgan fingerprint density at radius 2 is 1.92 bits per heavy atom. The summed E-state index contributed by atoms with van der Waals surface area (Å²) in [6, 6.07) is 7.16. The maximum absolute atomic E-state index is 12.4. The van der Waals surface area contributed by atoms with Crippen molar-refractivity contribution in [2.75, 3.05) is 44.3 Å². The zero-order valence-electron chi connectivity index (χ0n) is 14.8. The van der Waals surface area contributed by atoms with E-state index in [2.05, 4.69) is 9.88 Å². The first kappa shape index (κ1) is 17.0. The third-order valence-electron chi connectivity index (χ3n) is 5.32. The van der Waals surface area contributed by atoms with Crippen LogP contribution in [-0.4, -0.2) is 59.6 Å². The third kappa shape index (κ3) is 3.58. The number of ether oxygens (including phenoxy) is 1. The molecule has 0 bridgehead atoms. The molecular formula is C19H24N4O3. The zero-order chi connectivity index (χ0) is 17.9. The number of carbonyl (C=O) groups is 1. The van der Waals surface area contributed by atoms with Crippen molar-refractivity contribution in [1.82, 2.24) is 14.3 Å². The Hall–Kier alpha value is -2.41. The monoisotopic (exact) mass is 356 g/mol. The van der Waals surface area contributed by atoms with Crippen LogP contribution in [0.15, 0.2) is 35.3 Å². The molecule has 0 unspecified atom stereocenters. The molecule has 0 aromatic carbocycles. The molecule has 0 atom stereocenters. The van der Waals surface area contributed by atoms with Gasteiger partial charge < -0.3 is 14.5 Å². The van der Waals surface area contributed by atoms with Crippen LogP contribution < -0.4 is 10.5 Å². The van der Waals surface area contributed by atoms with Gasteiger partial charge in [-0.05, 0) is 30.9 Å². The van der Waals surface area contributed by atoms with E-state index in [0.717, 1.165) is 31.7 Å². The van der Waals surface area contributed by atoms with E-state index >= 15 is 0 Å². The molecule has 0 N–H and O–H groups in total. The van der Waals surface area contributed by atoms with Gasteiger partial charge in [-0.25, -0.2) is 4.98 Å². The second-order valence-corrected chi connectivity index (χ2v) is 7.01. The highest BCUT2D eigenvalue weighted by Crippen LogP contribution is 2.24. The van der Waals surface area contributed by atoms with E-state index in [1.807, 2.05) is 23.1 Å². The smallest absolute Gasteiger partial charge is 0.259 e. The summed E-state index contributed by atoms with van der Waals surface area (Å²) in [5, 5.41) is 0. The molecule has 2 saturated heterocycles. The Kier molecular flexibility index (Phi) is 4.88. The standard InChI is InChI=1S/C19H24N4O3/c24-18(22-9-11-26-12-10-22)13-15-4-7-21(8-5-15)17-14-19(25)23-6-2-1-3-16(23)20-17/h1-3,6,14-15H,4-5,7-13H2. The lowest BCUT2D eigenvalue weighted by Crippen LogP contribution is -2.42. The molecule has 0 spiro atoms. The number of pyridine rings is 1. The Labute approximate surface area is 152 Å². The van der Waals surface area contributed by atoms with Gasteiger partial charge in [0.05, 0.1) is 13.2 Å². The highest BCUT2D eigenvalue weighted by Gasteiger charge is 2.25. The normalized spacial score (nSPS) is 19.1. The number of rotatable bonds is 3. The summed E-state index contributed by atoms with van der Waals surface area (Å²) < 4.78 is 6.86. The first-order valence-electron chi connectivity index (χ1n) is 9.29. The van der Waals surface area contributed by atoms with Crippen LogP contribution in [-0.2, 0) is 9.53 Å². The summed E-state index contributed by atoms with van der Waals surface area (Å²) in [5.41, 5.74) is 0.606. The highest BCUT2D eigenvalue weighted by molar-refractivity contribution is 5.76. The average Bonchev–Trinajstić information content (AvgIpc) is 2.69. The first-order chi connectivity index (χ1) is 12.7. The van der Waals surface area contributed by atoms with E-state index in [9.17, 15) is 9.59 Å². The van der Waals surface area contributed by atoms with E-state index in [1.54, 1.807) is 16.7 Å². The molecule has 2 fully saturated rings. The minimum atomic E-state index is -0.0600. The van der Waals surface area contributed by atoms with Crippen LogP contribution in [0.3, 0.4) is 0 Å². The summed E-state index contributed by atoms with van der Waals surface area (Å²) >= 11 is 0. The van der Waals surface area contributed by atoms with Crippen LogP contribution in [0.1, 0.15) is 19.3 Å². The van der Waals surface area contributed by atoms with E-state index in [1.165, 1.54) is 0 Å². The number of morpholine rings is 1. The predicted octanol–water partition coefficient (Wildman–Crippen LogP) is 1.16. The van der Waals surface area contributed by atoms with Crippen LogP contribution in [0, 0.1) is 5.92 Å². The largest absolute Gasteiger partial charge is 0.378 e. The quantitative estimate of drug-likeness (QED) is 0.826. The first-order valence-corrected chi connectivity index (χ1v) is 9.29. The molecule has 7 heteroatoms. The predicted molar refractivity (Wildman–Crippen MR) is 98.4 cm³/mol. The SMILES string of the molecule is O=C(CC1CCN(c2cc(=O)n3ccccc3n2)CC1)N1CCOCC1. The lowest BCUT2D eigenvalue weighted by molar-refractivity contribution is -0.136. The maximum Gasteiger partial charge on any atom is 0.259 e. The number of aromatic nitrogens is 2. The van der Waals surface area contributed by atoms with Gasteiger partial charge in [0.2, 0.25) is 5.91 Å². The molecule has 26 heavy (non-hydrogen) atoms. The van der Waals surface area contributed by atoms with Crippen LogP contribution in [0.5, 0.6) is 0 Å². The van der Waals surface area contributed by atoms with E-state index in [0.29, 0.717) is 44.3 Å². The fraction of sp³-hybridized carbons (Fsp3) is 0.526. The van der Waals surface area contributed by atoms with Gasteiger partial charge in [0.25, 0.3) is 5.56 Å². The van der Waals surface area contributed by atoms with Crippen molar-refractivity contribution in [1.29, 1.82) is 0 Å². The third-order valence-corrected chi connectivity index (χ3v) is 5.32. The molecular weight excluding hydrogens is 332 g/mol. The molecule has 2 aliphatic heterocycles. The number of hydrogen-bond donors (Lipinski definition) is 0. The van der Waals surface area contributed by atoms with Crippen LogP contribution >= 0.6 is 0 Å². The zero-order valence-corrected chi connectivity index (χ0v) is 14.8. The van der Waals surface area contributed by atoms with Gasteiger partial charge in [0.15, 0.2) is 0 Å². The Bertz CT molecular complexity index is 836. The summed E-state index contributed by atoms with van der Waals surface area (Å²) in [7, 11) is 0. The van der Waals surface area contributed by atoms with Gasteiger partial charge in [0.1, 0.15) is 11.5 Å². The van der Waals surface area contributed by atoms with Crippen LogP contribution in [0.2, 0.25) is 0 Å². The van der Waals surface area contributed by atoms with Crippen molar-refractivity contribution >= 4 is 17.4 Å². The minimum absolute atomic E-state index is 0.0600. The lowest BCUT2D eigenvalue weighted by Gasteiger charge is -2.34. The molecule has 0 radical (unpaired) electrons. The fourth-order valence-corrected chi connectivity index (χ4v) is 3.76. The topological polar surface area (TPSA) is 67.2 Å². The summed E-state index contributed by atoms with van der Waals surface area (Å²) in [5.74, 6) is 1.39. The van der Waals surface area contributed by atoms with E-state index < -0.39 is 0 Å². The van der Waals surface area contributed by atoms with E-state index in [-0.39, 0.29) is 11.5 Å². The fourth-order valence-electron chi connectivity index (χ4n) is 3.76. The Morgan fingerprint density at radius 1 is 1.15 bits per heavy atom. The minimum Gasteiger partial charge on any atom is -0.378 e. The van der Waals surface area contributed by atoms with Gasteiger partial charge >= 0.3 is 0 Å². The molecule has 0 saturated carbocycles. The molecule has 1 amide bonds. The van der Waals surface area contributed by atoms with Gasteiger partial charge in [-0.15, -0.1) is 0 Å². The number of fused-ring (bicyclic) bond motifs is 1. The summed E-state index contributed by atoms with van der Waals surface area (Å²) in [6.45, 7) is 4.37. The van der Waals surface area contributed by atoms with Gasteiger partial charge in [-0.3, -0.25) is 14.0 Å². The van der Waals surface area contributed by atoms with Gasteiger partial charge in [0, 0.05) is 44.9 Å². The number of piperidine rings is 1. The molecule has 0 aliphatic carbocycles. The number of anilines is 1. The van der Waals surface area contributed by atoms with Crippen molar-refractivity contribution in [2.24, 2.45) is 5.92 Å². The molecule has 2 aromatic rings. The second-order valence-electron chi connectivity index (χ2n) is 7.01. The van der Waals surface area contributed by atoms with Gasteiger partial charge in [-0.2, -0.15) is 0 Å². The van der Waals surface area contributed by atoms with Crippen LogP contribution in [0.25, 0.3) is 5.65 Å². The van der Waals surface area contributed by atoms with Crippen molar-refractivity contribution in [2.45, 2.75) is 19.3 Å². The van der Waals surface area contributed by atoms with Crippen molar-refractivity contribution < 1.29 is 9.53 Å². The molecule has 7 nitrogen and oxygen atoms in total. The summed E-state index contributed by atoms with van der Waals surface area (Å²) in [6.07, 6.45) is 4.25. The molecule has 2 aromatic heterocycles. The van der Waals surface area contributed by atoms with Crippen molar-refractivity contribution in [3.63, 3.8) is 0 Å². The number of amides is 1. The number of carbonyl (C=O) groups excluding carboxylic acids is 1. The average molecular weight is 356 g/mol. The van der Waals surface area contributed by atoms with E-state index in [4.69, 9.17) is 4.74 Å². The maximum atomic E-state index is 12.4. The molecule has 4 heterocycles. The Morgan fingerprint density at radius 3 is 2.69 bits per heavy atom. The molecule has 2 aliphatic rings. The van der Waals surface area contributed by atoms with Crippen LogP contribution in [0.4, 0.5) is 5.82 Å². The molecule has 4 rings (SSSR count).